The van der Waals surface area contributed by atoms with E-state index < -0.39 is 21.8 Å². The Hall–Kier alpha value is -2.86. The maximum absolute atomic E-state index is 12.9. The average Bonchev–Trinajstić information content (AvgIpc) is 3.17. The highest BCUT2D eigenvalue weighted by Crippen LogP contribution is 2.32. The van der Waals surface area contributed by atoms with Crippen LogP contribution in [0.4, 0.5) is 24.9 Å². The summed E-state index contributed by atoms with van der Waals surface area (Å²) in [7, 11) is -2.31. The first-order chi connectivity index (χ1) is 14.2. The minimum absolute atomic E-state index is 0.101. The van der Waals surface area contributed by atoms with Gasteiger partial charge in [-0.2, -0.15) is 13.2 Å². The molecule has 0 atom stereocenters. The number of anilines is 2. The van der Waals surface area contributed by atoms with Gasteiger partial charge in [0.25, 0.3) is 0 Å². The first kappa shape index (κ1) is 20.4. The summed E-state index contributed by atoms with van der Waals surface area (Å²) in [5.41, 5.74) is 0.0328. The molecule has 0 spiro atoms. The summed E-state index contributed by atoms with van der Waals surface area (Å²) in [6.45, 7) is 1.96. The van der Waals surface area contributed by atoms with E-state index in [1.165, 1.54) is 25.4 Å². The maximum atomic E-state index is 12.9. The second-order valence-electron chi connectivity index (χ2n) is 6.80. The number of rotatable bonds is 4. The van der Waals surface area contributed by atoms with Gasteiger partial charge in [0.05, 0.1) is 16.6 Å². The fraction of sp³-hybridized carbons (Fsp3) is 0.333. The van der Waals surface area contributed by atoms with Crippen molar-refractivity contribution in [1.29, 1.82) is 0 Å². The molecule has 1 fully saturated rings. The lowest BCUT2D eigenvalue weighted by atomic mass is 10.2. The fourth-order valence-corrected chi connectivity index (χ4v) is 4.29. The lowest BCUT2D eigenvalue weighted by Crippen LogP contribution is -2.47. The molecule has 0 saturated carbocycles. The van der Waals surface area contributed by atoms with Gasteiger partial charge >= 0.3 is 6.18 Å². The van der Waals surface area contributed by atoms with Crippen LogP contribution in [0.2, 0.25) is 0 Å². The van der Waals surface area contributed by atoms with E-state index in [0.717, 1.165) is 12.1 Å². The maximum Gasteiger partial charge on any atom is 0.416 e. The van der Waals surface area contributed by atoms with Crippen LogP contribution in [0.3, 0.4) is 0 Å². The third-order valence-corrected chi connectivity index (χ3v) is 6.42. The third kappa shape index (κ3) is 3.79. The van der Waals surface area contributed by atoms with E-state index in [1.54, 1.807) is 6.07 Å². The zero-order valence-corrected chi connectivity index (χ0v) is 16.8. The molecule has 3 aromatic rings. The number of hydrogen-bond acceptors (Lipinski definition) is 6. The normalized spacial score (nSPS) is 15.7. The smallest absolute Gasteiger partial charge is 0.352 e. The summed E-state index contributed by atoms with van der Waals surface area (Å²) < 4.78 is 65.6. The molecular weight excluding hydrogens is 421 g/mol. The molecule has 1 aromatic carbocycles. The molecule has 0 radical (unpaired) electrons. The van der Waals surface area contributed by atoms with Crippen LogP contribution >= 0.6 is 0 Å². The number of imidazole rings is 1. The molecule has 1 aliphatic rings. The van der Waals surface area contributed by atoms with E-state index in [-0.39, 0.29) is 4.90 Å². The minimum atomic E-state index is -4.42. The van der Waals surface area contributed by atoms with Crippen molar-refractivity contribution < 1.29 is 21.6 Å². The second kappa shape index (κ2) is 7.43. The molecule has 12 heteroatoms. The molecule has 0 aliphatic carbocycles. The summed E-state index contributed by atoms with van der Waals surface area (Å²) in [5.74, 6) is 0.846. The van der Waals surface area contributed by atoms with E-state index in [9.17, 15) is 21.6 Å². The number of pyridine rings is 1. The van der Waals surface area contributed by atoms with Gasteiger partial charge in [0.1, 0.15) is 10.7 Å². The Morgan fingerprint density at radius 1 is 1.10 bits per heavy atom. The first-order valence-electron chi connectivity index (χ1n) is 9.14. The Bertz CT molecular complexity index is 1170. The molecule has 2 aromatic heterocycles. The van der Waals surface area contributed by atoms with Crippen molar-refractivity contribution in [3.05, 3.63) is 42.1 Å². The number of aromatic amines is 1. The van der Waals surface area contributed by atoms with E-state index in [4.69, 9.17) is 0 Å². The number of piperazine rings is 1. The predicted octanol–water partition coefficient (Wildman–Crippen LogP) is 2.21. The van der Waals surface area contributed by atoms with E-state index in [1.807, 2.05) is 9.80 Å². The Morgan fingerprint density at radius 2 is 1.80 bits per heavy atom. The number of H-pyrrole nitrogens is 1. The number of nitrogens with zero attached hydrogens (tertiary/aromatic N) is 4. The van der Waals surface area contributed by atoms with Gasteiger partial charge in [0, 0.05) is 32.4 Å². The summed E-state index contributed by atoms with van der Waals surface area (Å²) in [5, 5.41) is 0. The summed E-state index contributed by atoms with van der Waals surface area (Å²) in [6.07, 6.45) is -2.88. The van der Waals surface area contributed by atoms with Crippen molar-refractivity contribution in [2.75, 3.05) is 43.0 Å². The molecule has 30 heavy (non-hydrogen) atoms. The number of fused-ring (bicyclic) bond motifs is 1. The van der Waals surface area contributed by atoms with Crippen LogP contribution in [0.5, 0.6) is 0 Å². The number of nitrogens with one attached hydrogen (secondary N) is 2. The quantitative estimate of drug-likeness (QED) is 0.646. The SMILES string of the molecule is CNS(=O)(=O)c1cccnc1N1CCN(c2nc3ccc(C(F)(F)F)cc3[nH]2)CC1. The van der Waals surface area contributed by atoms with Gasteiger partial charge in [0.2, 0.25) is 16.0 Å². The minimum Gasteiger partial charge on any atom is -0.352 e. The summed E-state index contributed by atoms with van der Waals surface area (Å²) in [6, 6.07) is 6.46. The Kier molecular flexibility index (Phi) is 5.06. The van der Waals surface area contributed by atoms with Crippen molar-refractivity contribution in [2.45, 2.75) is 11.1 Å². The van der Waals surface area contributed by atoms with Crippen molar-refractivity contribution in [1.82, 2.24) is 19.7 Å². The van der Waals surface area contributed by atoms with Crippen LogP contribution in [0.1, 0.15) is 5.56 Å². The standard InChI is InChI=1S/C18H19F3N6O2S/c1-22-30(28,29)15-3-2-6-23-16(15)26-7-9-27(10-8-26)17-24-13-5-4-12(18(19,20)21)11-14(13)25-17/h2-6,11,22H,7-10H2,1H3,(H,24,25). The van der Waals surface area contributed by atoms with E-state index in [0.29, 0.717) is 49.0 Å². The van der Waals surface area contributed by atoms with Gasteiger partial charge in [-0.05, 0) is 37.4 Å². The summed E-state index contributed by atoms with van der Waals surface area (Å²) >= 11 is 0. The van der Waals surface area contributed by atoms with Crippen molar-refractivity contribution in [2.24, 2.45) is 0 Å². The predicted molar refractivity (Wildman–Crippen MR) is 106 cm³/mol. The van der Waals surface area contributed by atoms with Gasteiger partial charge in [-0.25, -0.2) is 23.1 Å². The van der Waals surface area contributed by atoms with E-state index >= 15 is 0 Å². The Labute approximate surface area is 170 Å². The molecule has 4 rings (SSSR count). The molecule has 3 heterocycles. The van der Waals surface area contributed by atoms with Crippen molar-refractivity contribution >= 4 is 32.8 Å². The number of benzene rings is 1. The molecular formula is C18H19F3N6O2S. The number of halogens is 3. The second-order valence-corrected chi connectivity index (χ2v) is 8.65. The van der Waals surface area contributed by atoms with Crippen LogP contribution < -0.4 is 14.5 Å². The number of alkyl halides is 3. The lowest BCUT2D eigenvalue weighted by molar-refractivity contribution is -0.137. The molecule has 1 saturated heterocycles. The molecule has 0 amide bonds. The van der Waals surface area contributed by atoms with Gasteiger partial charge in [-0.1, -0.05) is 0 Å². The first-order valence-corrected chi connectivity index (χ1v) is 10.6. The Balaban J connectivity index is 1.53. The van der Waals surface area contributed by atoms with Crippen LogP contribution in [-0.2, 0) is 16.2 Å². The largest absolute Gasteiger partial charge is 0.416 e. The fourth-order valence-electron chi connectivity index (χ4n) is 3.39. The summed E-state index contributed by atoms with van der Waals surface area (Å²) in [4.78, 5) is 15.5. The molecule has 2 N–H and O–H groups in total. The zero-order chi connectivity index (χ0) is 21.5. The van der Waals surface area contributed by atoms with Gasteiger partial charge in [-0.3, -0.25) is 0 Å². The number of sulfonamides is 1. The number of aromatic nitrogens is 3. The highest BCUT2D eigenvalue weighted by molar-refractivity contribution is 7.89. The molecule has 160 valence electrons. The molecule has 0 bridgehead atoms. The highest BCUT2D eigenvalue weighted by Gasteiger charge is 2.31. The third-order valence-electron chi connectivity index (χ3n) is 4.98. The molecule has 0 unspecified atom stereocenters. The lowest BCUT2D eigenvalue weighted by Gasteiger charge is -2.35. The zero-order valence-electron chi connectivity index (χ0n) is 15.9. The molecule has 8 nitrogen and oxygen atoms in total. The average molecular weight is 440 g/mol. The van der Waals surface area contributed by atoms with Crippen LogP contribution in [-0.4, -0.2) is 56.6 Å². The monoisotopic (exact) mass is 440 g/mol. The van der Waals surface area contributed by atoms with Crippen molar-refractivity contribution in [3.8, 4) is 0 Å². The van der Waals surface area contributed by atoms with Gasteiger partial charge in [-0.15, -0.1) is 0 Å². The highest BCUT2D eigenvalue weighted by atomic mass is 32.2. The van der Waals surface area contributed by atoms with Gasteiger partial charge < -0.3 is 14.8 Å². The number of hydrogen-bond donors (Lipinski definition) is 2. The van der Waals surface area contributed by atoms with Crippen LogP contribution in [0.25, 0.3) is 11.0 Å². The molecule has 1 aliphatic heterocycles. The van der Waals surface area contributed by atoms with Crippen LogP contribution in [0.15, 0.2) is 41.4 Å². The van der Waals surface area contributed by atoms with Crippen LogP contribution in [0, 0.1) is 0 Å². The van der Waals surface area contributed by atoms with E-state index in [2.05, 4.69) is 19.7 Å². The van der Waals surface area contributed by atoms with Gasteiger partial charge in [0.15, 0.2) is 0 Å². The van der Waals surface area contributed by atoms with Crippen molar-refractivity contribution in [3.63, 3.8) is 0 Å². The Morgan fingerprint density at radius 3 is 2.47 bits per heavy atom. The topological polar surface area (TPSA) is 94.2 Å².